The lowest BCUT2D eigenvalue weighted by atomic mass is 10.0. The van der Waals surface area contributed by atoms with Crippen molar-refractivity contribution in [2.75, 3.05) is 0 Å². The summed E-state index contributed by atoms with van der Waals surface area (Å²) in [5, 5.41) is 0.739. The average molecular weight is 233 g/mol. The Morgan fingerprint density at radius 2 is 2.06 bits per heavy atom. The van der Waals surface area contributed by atoms with Crippen molar-refractivity contribution in [1.82, 2.24) is 9.97 Å². The molecule has 0 atom stereocenters. The van der Waals surface area contributed by atoms with Crippen molar-refractivity contribution >= 4 is 11.6 Å². The molecule has 1 aromatic carbocycles. The summed E-state index contributed by atoms with van der Waals surface area (Å²) in [6, 6.07) is 7.81. The van der Waals surface area contributed by atoms with Gasteiger partial charge in [0.25, 0.3) is 0 Å². The van der Waals surface area contributed by atoms with Crippen molar-refractivity contribution in [2.24, 2.45) is 0 Å². The number of hydrogen-bond acceptors (Lipinski definition) is 2. The van der Waals surface area contributed by atoms with Crippen molar-refractivity contribution in [3.05, 3.63) is 47.0 Å². The summed E-state index contributed by atoms with van der Waals surface area (Å²) in [5.74, 6) is 0. The highest BCUT2D eigenvalue weighted by Gasteiger charge is 2.09. The SMILES string of the molecule is CCc1ncnc(C)c1-c1cccc(Cl)c1. The molecule has 0 aliphatic heterocycles. The Labute approximate surface area is 100 Å². The second-order valence-corrected chi connectivity index (χ2v) is 4.08. The van der Waals surface area contributed by atoms with Gasteiger partial charge in [-0.05, 0) is 31.0 Å². The van der Waals surface area contributed by atoms with Gasteiger partial charge in [-0.3, -0.25) is 0 Å². The second kappa shape index (κ2) is 4.62. The zero-order valence-corrected chi connectivity index (χ0v) is 10.1. The van der Waals surface area contributed by atoms with Crippen LogP contribution in [0, 0.1) is 6.92 Å². The topological polar surface area (TPSA) is 25.8 Å². The number of nitrogens with zero attached hydrogens (tertiary/aromatic N) is 2. The van der Waals surface area contributed by atoms with E-state index in [0.717, 1.165) is 34.0 Å². The third kappa shape index (κ3) is 2.07. The third-order valence-corrected chi connectivity index (χ3v) is 2.80. The van der Waals surface area contributed by atoms with Gasteiger partial charge >= 0.3 is 0 Å². The second-order valence-electron chi connectivity index (χ2n) is 3.64. The number of hydrogen-bond donors (Lipinski definition) is 0. The zero-order valence-electron chi connectivity index (χ0n) is 9.37. The largest absolute Gasteiger partial charge is 0.241 e. The van der Waals surface area contributed by atoms with E-state index in [9.17, 15) is 0 Å². The first-order valence-corrected chi connectivity index (χ1v) is 5.66. The molecule has 0 fully saturated rings. The molecule has 0 bridgehead atoms. The van der Waals surface area contributed by atoms with Crippen LogP contribution in [0.25, 0.3) is 11.1 Å². The molecular formula is C13H13ClN2. The van der Waals surface area contributed by atoms with E-state index in [4.69, 9.17) is 11.6 Å². The molecule has 3 heteroatoms. The van der Waals surface area contributed by atoms with Crippen LogP contribution in [0.1, 0.15) is 18.3 Å². The van der Waals surface area contributed by atoms with Crippen LogP contribution in [0.3, 0.4) is 0 Å². The fourth-order valence-electron chi connectivity index (χ4n) is 1.81. The molecule has 2 aromatic rings. The third-order valence-electron chi connectivity index (χ3n) is 2.56. The number of rotatable bonds is 2. The van der Waals surface area contributed by atoms with E-state index < -0.39 is 0 Å². The van der Waals surface area contributed by atoms with Crippen LogP contribution in [0.2, 0.25) is 5.02 Å². The number of aromatic nitrogens is 2. The van der Waals surface area contributed by atoms with Gasteiger partial charge in [-0.25, -0.2) is 9.97 Å². The Hall–Kier alpha value is -1.41. The van der Waals surface area contributed by atoms with Gasteiger partial charge in [0.2, 0.25) is 0 Å². The molecule has 82 valence electrons. The van der Waals surface area contributed by atoms with E-state index in [0.29, 0.717) is 0 Å². The van der Waals surface area contributed by atoms with E-state index >= 15 is 0 Å². The lowest BCUT2D eigenvalue weighted by Gasteiger charge is -2.09. The van der Waals surface area contributed by atoms with Gasteiger partial charge in [-0.2, -0.15) is 0 Å². The molecule has 0 spiro atoms. The molecule has 0 aliphatic carbocycles. The summed E-state index contributed by atoms with van der Waals surface area (Å²) in [6.45, 7) is 4.09. The van der Waals surface area contributed by atoms with Gasteiger partial charge < -0.3 is 0 Å². The smallest absolute Gasteiger partial charge is 0.115 e. The van der Waals surface area contributed by atoms with Gasteiger partial charge in [0.1, 0.15) is 6.33 Å². The van der Waals surface area contributed by atoms with Crippen LogP contribution in [-0.2, 0) is 6.42 Å². The maximum Gasteiger partial charge on any atom is 0.115 e. The molecule has 16 heavy (non-hydrogen) atoms. The highest BCUT2D eigenvalue weighted by Crippen LogP contribution is 2.27. The van der Waals surface area contributed by atoms with Crippen molar-refractivity contribution in [3.8, 4) is 11.1 Å². The van der Waals surface area contributed by atoms with Gasteiger partial charge in [0, 0.05) is 16.3 Å². The van der Waals surface area contributed by atoms with E-state index in [1.165, 1.54) is 0 Å². The maximum atomic E-state index is 6.00. The lowest BCUT2D eigenvalue weighted by Crippen LogP contribution is -1.97. The summed E-state index contributed by atoms with van der Waals surface area (Å²) in [5.41, 5.74) is 4.25. The quantitative estimate of drug-likeness (QED) is 0.790. The number of halogens is 1. The Morgan fingerprint density at radius 3 is 2.75 bits per heavy atom. The van der Waals surface area contributed by atoms with E-state index in [2.05, 4.69) is 16.9 Å². The average Bonchev–Trinajstić information content (AvgIpc) is 2.28. The summed E-state index contributed by atoms with van der Waals surface area (Å²) in [7, 11) is 0. The monoisotopic (exact) mass is 232 g/mol. The Kier molecular flexibility index (Phi) is 3.20. The molecule has 2 nitrogen and oxygen atoms in total. The first kappa shape index (κ1) is 11.1. The minimum atomic E-state index is 0.739. The summed E-state index contributed by atoms with van der Waals surface area (Å²) in [6.07, 6.45) is 2.51. The Morgan fingerprint density at radius 1 is 1.25 bits per heavy atom. The van der Waals surface area contributed by atoms with E-state index in [1.54, 1.807) is 6.33 Å². The molecule has 2 rings (SSSR count). The van der Waals surface area contributed by atoms with Gasteiger partial charge in [0.05, 0.1) is 5.69 Å². The lowest BCUT2D eigenvalue weighted by molar-refractivity contribution is 0.981. The predicted octanol–water partition coefficient (Wildman–Crippen LogP) is 3.67. The standard InChI is InChI=1S/C13H13ClN2/c1-3-12-13(9(2)15-8-16-12)10-5-4-6-11(14)7-10/h4-8H,3H2,1-2H3. The summed E-state index contributed by atoms with van der Waals surface area (Å²) < 4.78 is 0. The predicted molar refractivity (Wildman–Crippen MR) is 66.6 cm³/mol. The van der Waals surface area contributed by atoms with Crippen LogP contribution in [-0.4, -0.2) is 9.97 Å². The highest BCUT2D eigenvalue weighted by atomic mass is 35.5. The first-order chi connectivity index (χ1) is 7.72. The van der Waals surface area contributed by atoms with E-state index in [-0.39, 0.29) is 0 Å². The maximum absolute atomic E-state index is 6.00. The fraction of sp³-hybridized carbons (Fsp3) is 0.231. The van der Waals surface area contributed by atoms with Gasteiger partial charge in [0.15, 0.2) is 0 Å². The van der Waals surface area contributed by atoms with Crippen molar-refractivity contribution in [2.45, 2.75) is 20.3 Å². The minimum absolute atomic E-state index is 0.739. The van der Waals surface area contributed by atoms with Crippen LogP contribution in [0.15, 0.2) is 30.6 Å². The number of aryl methyl sites for hydroxylation is 2. The molecule has 0 amide bonds. The zero-order chi connectivity index (χ0) is 11.5. The molecule has 0 saturated carbocycles. The van der Waals surface area contributed by atoms with Crippen molar-refractivity contribution < 1.29 is 0 Å². The van der Waals surface area contributed by atoms with Crippen LogP contribution in [0.4, 0.5) is 0 Å². The van der Waals surface area contributed by atoms with E-state index in [1.807, 2.05) is 31.2 Å². The van der Waals surface area contributed by atoms with Crippen molar-refractivity contribution in [1.29, 1.82) is 0 Å². The van der Waals surface area contributed by atoms with Crippen LogP contribution in [0.5, 0.6) is 0 Å². The van der Waals surface area contributed by atoms with Gasteiger partial charge in [-0.1, -0.05) is 30.7 Å². The molecule has 0 N–H and O–H groups in total. The van der Waals surface area contributed by atoms with Gasteiger partial charge in [-0.15, -0.1) is 0 Å². The first-order valence-electron chi connectivity index (χ1n) is 5.28. The molecular weight excluding hydrogens is 220 g/mol. The fourth-order valence-corrected chi connectivity index (χ4v) is 2.00. The Balaban J connectivity index is 2.63. The summed E-state index contributed by atoms with van der Waals surface area (Å²) >= 11 is 6.00. The van der Waals surface area contributed by atoms with Crippen LogP contribution < -0.4 is 0 Å². The molecule has 0 radical (unpaired) electrons. The normalized spacial score (nSPS) is 10.4. The molecule has 1 heterocycles. The highest BCUT2D eigenvalue weighted by molar-refractivity contribution is 6.30. The van der Waals surface area contributed by atoms with Crippen LogP contribution >= 0.6 is 11.6 Å². The Bertz CT molecular complexity index is 509. The summed E-state index contributed by atoms with van der Waals surface area (Å²) in [4.78, 5) is 8.55. The minimum Gasteiger partial charge on any atom is -0.241 e. The number of benzene rings is 1. The molecule has 0 saturated heterocycles. The molecule has 0 aliphatic rings. The molecule has 0 unspecified atom stereocenters. The molecule has 1 aromatic heterocycles. The van der Waals surface area contributed by atoms with Crippen molar-refractivity contribution in [3.63, 3.8) is 0 Å².